The Morgan fingerprint density at radius 2 is 2.10 bits per heavy atom. The quantitative estimate of drug-likeness (QED) is 0.623. The van der Waals surface area contributed by atoms with Gasteiger partial charge in [-0.05, 0) is 37.1 Å². The van der Waals surface area contributed by atoms with E-state index >= 15 is 0 Å². The Bertz CT molecular complexity index is 543. The molecule has 0 fully saturated rings. The average molecular weight is 271 g/mol. The number of aryl methyl sites for hydroxylation is 1. The van der Waals surface area contributed by atoms with Crippen molar-refractivity contribution < 1.29 is 4.74 Å². The number of hydrogen-bond donors (Lipinski definition) is 2. The molecule has 2 rings (SSSR count). The van der Waals surface area contributed by atoms with E-state index in [2.05, 4.69) is 23.4 Å². The van der Waals surface area contributed by atoms with E-state index in [0.29, 0.717) is 0 Å². The predicted octanol–water partition coefficient (Wildman–Crippen LogP) is 2.02. The molecule has 0 radical (unpaired) electrons. The Labute approximate surface area is 120 Å². The van der Waals surface area contributed by atoms with E-state index in [-0.39, 0.29) is 6.04 Å². The smallest absolute Gasteiger partial charge is 0.122 e. The molecule has 106 valence electrons. The van der Waals surface area contributed by atoms with Gasteiger partial charge in [0.15, 0.2) is 0 Å². The number of nitrogens with one attached hydrogen (secondary N) is 1. The van der Waals surface area contributed by atoms with E-state index < -0.39 is 0 Å². The highest BCUT2D eigenvalue weighted by atomic mass is 16.5. The number of rotatable bonds is 6. The molecule has 1 atom stereocenters. The molecule has 1 heterocycles. The summed E-state index contributed by atoms with van der Waals surface area (Å²) in [6.07, 6.45) is 3.39. The highest BCUT2D eigenvalue weighted by molar-refractivity contribution is 5.37. The second-order valence-corrected chi connectivity index (χ2v) is 4.91. The molecule has 0 aliphatic heterocycles. The van der Waals surface area contributed by atoms with Gasteiger partial charge in [-0.1, -0.05) is 23.8 Å². The van der Waals surface area contributed by atoms with Crippen molar-refractivity contribution in [2.24, 2.45) is 5.84 Å². The Morgan fingerprint density at radius 1 is 1.25 bits per heavy atom. The molecular weight excluding hydrogens is 250 g/mol. The highest BCUT2D eigenvalue weighted by Gasteiger charge is 2.13. The lowest BCUT2D eigenvalue weighted by Gasteiger charge is -2.17. The molecule has 1 aromatic heterocycles. The van der Waals surface area contributed by atoms with Crippen LogP contribution in [-0.4, -0.2) is 18.1 Å². The van der Waals surface area contributed by atoms with Crippen LogP contribution in [0.3, 0.4) is 0 Å². The van der Waals surface area contributed by atoms with E-state index in [1.807, 2.05) is 30.3 Å². The lowest BCUT2D eigenvalue weighted by atomic mass is 9.99. The normalized spacial score (nSPS) is 12.2. The first-order valence-corrected chi connectivity index (χ1v) is 6.72. The zero-order chi connectivity index (χ0) is 14.4. The van der Waals surface area contributed by atoms with Gasteiger partial charge in [0.05, 0.1) is 7.11 Å². The molecule has 0 aliphatic rings. The van der Waals surface area contributed by atoms with Gasteiger partial charge in [-0.15, -0.1) is 0 Å². The van der Waals surface area contributed by atoms with Gasteiger partial charge in [0.25, 0.3) is 0 Å². The second-order valence-electron chi connectivity index (χ2n) is 4.91. The number of benzene rings is 1. The minimum absolute atomic E-state index is 0.126. The standard InChI is InChI=1S/C16H21N3O/c1-12-6-7-16(20-2)13(9-12)10-15(19-17)11-14-5-3-4-8-18-14/h3-9,15,19H,10-11,17H2,1-2H3. The Kier molecular flexibility index (Phi) is 5.09. The van der Waals surface area contributed by atoms with Gasteiger partial charge in [-0.2, -0.15) is 0 Å². The highest BCUT2D eigenvalue weighted by Crippen LogP contribution is 2.21. The van der Waals surface area contributed by atoms with Crippen molar-refractivity contribution >= 4 is 0 Å². The number of ether oxygens (including phenoxy) is 1. The van der Waals surface area contributed by atoms with Crippen LogP contribution >= 0.6 is 0 Å². The summed E-state index contributed by atoms with van der Waals surface area (Å²) in [4.78, 5) is 4.34. The van der Waals surface area contributed by atoms with Gasteiger partial charge in [0.1, 0.15) is 5.75 Å². The number of nitrogens with zero attached hydrogens (tertiary/aromatic N) is 1. The molecule has 3 N–H and O–H groups in total. The van der Waals surface area contributed by atoms with Gasteiger partial charge < -0.3 is 4.74 Å². The largest absolute Gasteiger partial charge is 0.496 e. The molecule has 1 aromatic carbocycles. The van der Waals surface area contributed by atoms with Crippen molar-refractivity contribution in [3.8, 4) is 5.75 Å². The van der Waals surface area contributed by atoms with E-state index in [1.165, 1.54) is 5.56 Å². The van der Waals surface area contributed by atoms with E-state index in [9.17, 15) is 0 Å². The van der Waals surface area contributed by atoms with Crippen LogP contribution in [0.5, 0.6) is 5.75 Å². The maximum Gasteiger partial charge on any atom is 0.122 e. The van der Waals surface area contributed by atoms with Gasteiger partial charge >= 0.3 is 0 Å². The average Bonchev–Trinajstić information content (AvgIpc) is 2.48. The fourth-order valence-electron chi connectivity index (χ4n) is 2.29. The first-order valence-electron chi connectivity index (χ1n) is 6.72. The second kappa shape index (κ2) is 7.03. The molecule has 0 spiro atoms. The third-order valence-corrected chi connectivity index (χ3v) is 3.32. The molecule has 0 bridgehead atoms. The SMILES string of the molecule is COc1ccc(C)cc1CC(Cc1ccccn1)NN. The van der Waals surface area contributed by atoms with Crippen LogP contribution in [0.15, 0.2) is 42.6 Å². The summed E-state index contributed by atoms with van der Waals surface area (Å²) in [5, 5.41) is 0. The summed E-state index contributed by atoms with van der Waals surface area (Å²) in [6.45, 7) is 2.08. The molecule has 4 nitrogen and oxygen atoms in total. The van der Waals surface area contributed by atoms with Crippen molar-refractivity contribution in [3.63, 3.8) is 0 Å². The van der Waals surface area contributed by atoms with E-state index in [0.717, 1.165) is 29.8 Å². The molecule has 0 saturated heterocycles. The molecule has 20 heavy (non-hydrogen) atoms. The Morgan fingerprint density at radius 3 is 2.75 bits per heavy atom. The molecule has 2 aromatic rings. The number of methoxy groups -OCH3 is 1. The predicted molar refractivity (Wildman–Crippen MR) is 80.5 cm³/mol. The summed E-state index contributed by atoms with van der Waals surface area (Å²) in [5.41, 5.74) is 6.28. The van der Waals surface area contributed by atoms with Gasteiger partial charge in [-0.3, -0.25) is 16.3 Å². The van der Waals surface area contributed by atoms with Crippen molar-refractivity contribution in [1.82, 2.24) is 10.4 Å². The minimum atomic E-state index is 0.126. The molecule has 4 heteroatoms. The summed E-state index contributed by atoms with van der Waals surface area (Å²) in [6, 6.07) is 12.2. The number of nitrogens with two attached hydrogens (primary N) is 1. The van der Waals surface area contributed by atoms with Crippen molar-refractivity contribution in [1.29, 1.82) is 0 Å². The van der Waals surface area contributed by atoms with Crippen molar-refractivity contribution in [2.45, 2.75) is 25.8 Å². The number of hydrogen-bond acceptors (Lipinski definition) is 4. The van der Waals surface area contributed by atoms with Crippen LogP contribution in [0.4, 0.5) is 0 Å². The van der Waals surface area contributed by atoms with Crippen LogP contribution in [0, 0.1) is 6.92 Å². The van der Waals surface area contributed by atoms with Crippen molar-refractivity contribution in [2.75, 3.05) is 7.11 Å². The zero-order valence-corrected chi connectivity index (χ0v) is 12.0. The Balaban J connectivity index is 2.12. The monoisotopic (exact) mass is 271 g/mol. The maximum atomic E-state index is 5.68. The lowest BCUT2D eigenvalue weighted by molar-refractivity contribution is 0.404. The molecule has 0 saturated carbocycles. The van der Waals surface area contributed by atoms with Crippen LogP contribution in [0.2, 0.25) is 0 Å². The van der Waals surface area contributed by atoms with Crippen LogP contribution in [0.1, 0.15) is 16.8 Å². The number of aromatic nitrogens is 1. The van der Waals surface area contributed by atoms with Crippen molar-refractivity contribution in [3.05, 3.63) is 59.4 Å². The third kappa shape index (κ3) is 3.79. The van der Waals surface area contributed by atoms with E-state index in [1.54, 1.807) is 13.3 Å². The fraction of sp³-hybridized carbons (Fsp3) is 0.312. The van der Waals surface area contributed by atoms with E-state index in [4.69, 9.17) is 10.6 Å². The first-order chi connectivity index (χ1) is 9.72. The van der Waals surface area contributed by atoms with Crippen LogP contribution in [0.25, 0.3) is 0 Å². The zero-order valence-electron chi connectivity index (χ0n) is 12.0. The third-order valence-electron chi connectivity index (χ3n) is 3.32. The maximum absolute atomic E-state index is 5.68. The summed E-state index contributed by atoms with van der Waals surface area (Å²) in [7, 11) is 1.69. The molecule has 1 unspecified atom stereocenters. The molecule has 0 amide bonds. The summed E-state index contributed by atoms with van der Waals surface area (Å²) in [5.74, 6) is 6.58. The lowest BCUT2D eigenvalue weighted by Crippen LogP contribution is -2.38. The molecular formula is C16H21N3O. The fourth-order valence-corrected chi connectivity index (χ4v) is 2.29. The summed E-state index contributed by atoms with van der Waals surface area (Å²) < 4.78 is 5.41. The number of pyridine rings is 1. The minimum Gasteiger partial charge on any atom is -0.496 e. The van der Waals surface area contributed by atoms with Gasteiger partial charge in [0.2, 0.25) is 0 Å². The van der Waals surface area contributed by atoms with Gasteiger partial charge in [0, 0.05) is 24.4 Å². The van der Waals surface area contributed by atoms with Crippen LogP contribution in [-0.2, 0) is 12.8 Å². The first kappa shape index (κ1) is 14.5. The van der Waals surface area contributed by atoms with Crippen LogP contribution < -0.4 is 16.0 Å². The topological polar surface area (TPSA) is 60.2 Å². The van der Waals surface area contributed by atoms with Gasteiger partial charge in [-0.25, -0.2) is 0 Å². The number of hydrazine groups is 1. The molecule has 0 aliphatic carbocycles. The summed E-state index contributed by atoms with van der Waals surface area (Å²) >= 11 is 0. The Hall–Kier alpha value is -1.91.